The summed E-state index contributed by atoms with van der Waals surface area (Å²) in [7, 11) is 0. The number of nitrogens with two attached hydrogens (primary N) is 2. The molecule has 140 valence electrons. The minimum atomic E-state index is -0.499. The third kappa shape index (κ3) is 3.72. The van der Waals surface area contributed by atoms with E-state index in [1.165, 1.54) is 11.3 Å². The molecular formula is C19H29N5O2+2. The van der Waals surface area contributed by atoms with Gasteiger partial charge in [0, 0.05) is 12.8 Å². The third-order valence-electron chi connectivity index (χ3n) is 5.84. The summed E-state index contributed by atoms with van der Waals surface area (Å²) >= 11 is 0. The van der Waals surface area contributed by atoms with Gasteiger partial charge in [0.1, 0.15) is 0 Å². The Kier molecular flexibility index (Phi) is 5.56. The van der Waals surface area contributed by atoms with Crippen molar-refractivity contribution in [1.29, 1.82) is 0 Å². The number of nitrogens with one attached hydrogen (secondary N) is 2. The fraction of sp³-hybridized carbons (Fsp3) is 0.526. The number of piperidine rings is 2. The summed E-state index contributed by atoms with van der Waals surface area (Å²) in [4.78, 5) is 25.9. The first-order chi connectivity index (χ1) is 12.5. The molecule has 0 aromatic heterocycles. The van der Waals surface area contributed by atoms with Crippen LogP contribution in [-0.4, -0.2) is 54.1 Å². The summed E-state index contributed by atoms with van der Waals surface area (Å²) in [5, 5.41) is 2.76. The fourth-order valence-electron chi connectivity index (χ4n) is 4.22. The average molecular weight is 359 g/mol. The maximum Gasteiger partial charge on any atom is 0.350 e. The quantitative estimate of drug-likeness (QED) is 0.404. The highest BCUT2D eigenvalue weighted by molar-refractivity contribution is 6.03. The Balaban J connectivity index is 1.68. The van der Waals surface area contributed by atoms with Crippen molar-refractivity contribution in [2.45, 2.75) is 37.6 Å². The van der Waals surface area contributed by atoms with E-state index in [1.54, 1.807) is 12.1 Å². The van der Waals surface area contributed by atoms with Crippen LogP contribution in [0, 0.1) is 0 Å². The molecule has 7 heteroatoms. The lowest BCUT2D eigenvalue weighted by Crippen LogP contribution is -3.22. The van der Waals surface area contributed by atoms with Gasteiger partial charge in [0.2, 0.25) is 0 Å². The summed E-state index contributed by atoms with van der Waals surface area (Å²) in [5.41, 5.74) is 12.0. The van der Waals surface area contributed by atoms with E-state index in [-0.39, 0.29) is 11.8 Å². The molecule has 1 aromatic carbocycles. The van der Waals surface area contributed by atoms with Crippen LogP contribution in [0.2, 0.25) is 0 Å². The van der Waals surface area contributed by atoms with Gasteiger partial charge in [0.25, 0.3) is 5.91 Å². The molecule has 2 aliphatic heterocycles. The number of nitrogens with zero attached hydrogens (tertiary/aromatic N) is 1. The SMILES string of the molecule is NC(=O)C1([NH+]2CCCCC2)CC[N+](=C(N)NC(=O)c2ccccc2)CC1. The van der Waals surface area contributed by atoms with Crippen molar-refractivity contribution < 1.29 is 19.1 Å². The minimum Gasteiger partial charge on any atom is -0.364 e. The van der Waals surface area contributed by atoms with Crippen molar-refractivity contribution >= 4 is 17.8 Å². The number of rotatable bonds is 3. The molecule has 0 spiro atoms. The summed E-state index contributed by atoms with van der Waals surface area (Å²) in [6.45, 7) is 3.25. The second-order valence-corrected chi connectivity index (χ2v) is 7.30. The normalized spacial score (nSPS) is 24.1. The molecule has 2 heterocycles. The first-order valence-electron chi connectivity index (χ1n) is 9.42. The van der Waals surface area contributed by atoms with Gasteiger partial charge in [-0.25, -0.2) is 5.32 Å². The van der Waals surface area contributed by atoms with Crippen molar-refractivity contribution in [3.63, 3.8) is 0 Å². The number of hydrogen-bond acceptors (Lipinski definition) is 2. The van der Waals surface area contributed by atoms with Crippen LogP contribution in [0.25, 0.3) is 0 Å². The van der Waals surface area contributed by atoms with E-state index >= 15 is 0 Å². The van der Waals surface area contributed by atoms with E-state index in [2.05, 4.69) is 5.32 Å². The van der Waals surface area contributed by atoms with Crippen molar-refractivity contribution in [1.82, 2.24) is 5.32 Å². The van der Waals surface area contributed by atoms with Crippen LogP contribution in [-0.2, 0) is 4.79 Å². The molecular weight excluding hydrogens is 330 g/mol. The highest BCUT2D eigenvalue weighted by atomic mass is 16.2. The van der Waals surface area contributed by atoms with Gasteiger partial charge in [-0.2, -0.15) is 0 Å². The van der Waals surface area contributed by atoms with Crippen LogP contribution in [0.15, 0.2) is 30.3 Å². The molecule has 7 nitrogen and oxygen atoms in total. The van der Waals surface area contributed by atoms with Crippen LogP contribution in [0.3, 0.4) is 0 Å². The Morgan fingerprint density at radius 2 is 1.62 bits per heavy atom. The molecule has 0 aliphatic carbocycles. The Labute approximate surface area is 154 Å². The Hall–Kier alpha value is -2.41. The molecule has 1 aromatic rings. The average Bonchev–Trinajstić information content (AvgIpc) is 2.69. The summed E-state index contributed by atoms with van der Waals surface area (Å²) in [6, 6.07) is 8.98. The minimum absolute atomic E-state index is 0.207. The molecule has 2 amide bonds. The molecule has 0 bridgehead atoms. The number of primary amides is 1. The van der Waals surface area contributed by atoms with E-state index in [0.29, 0.717) is 37.5 Å². The second-order valence-electron chi connectivity index (χ2n) is 7.30. The molecule has 6 N–H and O–H groups in total. The van der Waals surface area contributed by atoms with Crippen molar-refractivity contribution in [2.24, 2.45) is 11.5 Å². The maximum absolute atomic E-state index is 12.3. The molecule has 2 fully saturated rings. The number of guanidine groups is 1. The van der Waals surface area contributed by atoms with E-state index in [0.717, 1.165) is 25.9 Å². The molecule has 0 atom stereocenters. The lowest BCUT2D eigenvalue weighted by molar-refractivity contribution is -0.951. The second kappa shape index (κ2) is 7.86. The topological polar surface area (TPSA) is 106 Å². The zero-order valence-corrected chi connectivity index (χ0v) is 15.2. The molecule has 3 rings (SSSR count). The van der Waals surface area contributed by atoms with Gasteiger partial charge < -0.3 is 10.6 Å². The van der Waals surface area contributed by atoms with E-state index in [4.69, 9.17) is 11.5 Å². The van der Waals surface area contributed by atoms with Gasteiger partial charge in [0.15, 0.2) is 5.54 Å². The van der Waals surface area contributed by atoms with Crippen LogP contribution >= 0.6 is 0 Å². The predicted octanol–water partition coefficient (Wildman–Crippen LogP) is -1.17. The molecule has 0 unspecified atom stereocenters. The van der Waals surface area contributed by atoms with Gasteiger partial charge in [-0.15, -0.1) is 0 Å². The number of carbonyl (C=O) groups is 2. The maximum atomic E-state index is 12.3. The summed E-state index contributed by atoms with van der Waals surface area (Å²) in [6.07, 6.45) is 4.86. The first-order valence-corrected chi connectivity index (χ1v) is 9.42. The first kappa shape index (κ1) is 18.4. The van der Waals surface area contributed by atoms with E-state index < -0.39 is 5.54 Å². The van der Waals surface area contributed by atoms with E-state index in [9.17, 15) is 9.59 Å². The summed E-state index contributed by atoms with van der Waals surface area (Å²) in [5.74, 6) is -0.0944. The Morgan fingerprint density at radius 1 is 1.00 bits per heavy atom. The highest BCUT2D eigenvalue weighted by Crippen LogP contribution is 2.18. The summed E-state index contributed by atoms with van der Waals surface area (Å²) < 4.78 is 1.94. The molecule has 0 saturated carbocycles. The number of quaternary nitrogens is 1. The monoisotopic (exact) mass is 359 g/mol. The van der Waals surface area contributed by atoms with E-state index in [1.807, 2.05) is 22.8 Å². The largest absolute Gasteiger partial charge is 0.364 e. The molecule has 2 saturated heterocycles. The highest BCUT2D eigenvalue weighted by Gasteiger charge is 2.49. The van der Waals surface area contributed by atoms with Crippen LogP contribution < -0.4 is 21.7 Å². The van der Waals surface area contributed by atoms with Crippen LogP contribution in [0.5, 0.6) is 0 Å². The number of hydrogen-bond donors (Lipinski definition) is 4. The van der Waals surface area contributed by atoms with Gasteiger partial charge >= 0.3 is 11.9 Å². The Morgan fingerprint density at radius 3 is 2.19 bits per heavy atom. The molecule has 2 aliphatic rings. The third-order valence-corrected chi connectivity index (χ3v) is 5.84. The fourth-order valence-corrected chi connectivity index (χ4v) is 4.22. The zero-order chi connectivity index (χ0) is 18.6. The number of benzene rings is 1. The molecule has 26 heavy (non-hydrogen) atoms. The number of carbonyl (C=O) groups excluding carboxylic acids is 2. The van der Waals surface area contributed by atoms with Crippen LogP contribution in [0.1, 0.15) is 42.5 Å². The van der Waals surface area contributed by atoms with Crippen molar-refractivity contribution in [3.8, 4) is 0 Å². The van der Waals surface area contributed by atoms with Crippen molar-refractivity contribution in [3.05, 3.63) is 35.9 Å². The van der Waals surface area contributed by atoms with Gasteiger partial charge in [-0.1, -0.05) is 18.2 Å². The van der Waals surface area contributed by atoms with Gasteiger partial charge in [-0.3, -0.25) is 19.9 Å². The lowest BCUT2D eigenvalue weighted by Gasteiger charge is -2.42. The smallest absolute Gasteiger partial charge is 0.350 e. The zero-order valence-electron chi connectivity index (χ0n) is 15.2. The van der Waals surface area contributed by atoms with Gasteiger partial charge in [-0.05, 0) is 31.4 Å². The van der Waals surface area contributed by atoms with Crippen molar-refractivity contribution in [2.75, 3.05) is 26.2 Å². The van der Waals surface area contributed by atoms with Crippen LogP contribution in [0.4, 0.5) is 0 Å². The van der Waals surface area contributed by atoms with Gasteiger partial charge in [0.05, 0.1) is 31.7 Å². The number of likely N-dealkylation sites (tertiary alicyclic amines) is 1. The molecule has 0 radical (unpaired) electrons. The standard InChI is InChI=1S/C19H27N5O2/c20-17(26)19(24-11-5-2-6-12-24)9-13-23(14-10-19)18(21)22-16(25)15-7-3-1-4-8-15/h1,3-4,7-8H,2,5-6,9-14H2,(H4,20,21,22,25,26)/p+2. The predicted molar refractivity (Wildman–Crippen MR) is 98.8 cm³/mol. The Bertz CT molecular complexity index is 685. The number of amides is 2. The lowest BCUT2D eigenvalue weighted by atomic mass is 9.84.